The van der Waals surface area contributed by atoms with Crippen molar-refractivity contribution in [2.24, 2.45) is 5.92 Å². The lowest BCUT2D eigenvalue weighted by molar-refractivity contribution is 0.580. The minimum absolute atomic E-state index is 0.0144. The summed E-state index contributed by atoms with van der Waals surface area (Å²) in [5.41, 5.74) is 0.669. The molecule has 2 aromatic heterocycles. The molecule has 0 bridgehead atoms. The zero-order valence-corrected chi connectivity index (χ0v) is 11.5. The average Bonchev–Trinajstić information content (AvgIpc) is 2.75. The van der Waals surface area contributed by atoms with E-state index >= 15 is 0 Å². The predicted molar refractivity (Wildman–Crippen MR) is 69.4 cm³/mol. The van der Waals surface area contributed by atoms with Gasteiger partial charge in [0.1, 0.15) is 6.33 Å². The van der Waals surface area contributed by atoms with Crippen molar-refractivity contribution in [3.8, 4) is 0 Å². The molecule has 4 nitrogen and oxygen atoms in total. The van der Waals surface area contributed by atoms with Crippen LogP contribution in [0.5, 0.6) is 0 Å². The first-order valence-electron chi connectivity index (χ1n) is 5.01. The minimum atomic E-state index is -3.39. The Bertz CT molecular complexity index is 624. The molecule has 0 fully saturated rings. The first kappa shape index (κ1) is 12.7. The van der Waals surface area contributed by atoms with E-state index in [1.54, 1.807) is 13.0 Å². The highest BCUT2D eigenvalue weighted by molar-refractivity contribution is 7.91. The maximum atomic E-state index is 12.2. The summed E-state index contributed by atoms with van der Waals surface area (Å²) < 4.78 is 25.0. The molecule has 2 rings (SSSR count). The molecule has 0 saturated heterocycles. The van der Waals surface area contributed by atoms with Crippen LogP contribution in [0.3, 0.4) is 0 Å². The van der Waals surface area contributed by atoms with Gasteiger partial charge in [0.25, 0.3) is 0 Å². The number of rotatable bonds is 4. The van der Waals surface area contributed by atoms with Gasteiger partial charge in [-0.3, -0.25) is 0 Å². The van der Waals surface area contributed by atoms with Crippen molar-refractivity contribution in [1.29, 1.82) is 0 Å². The SMILES string of the molecule is CC(CCl)CS(=O)(=O)c1ncnc2ccsc12. The molecular weight excluding hydrogens is 280 g/mol. The van der Waals surface area contributed by atoms with Crippen LogP contribution in [-0.4, -0.2) is 30.0 Å². The van der Waals surface area contributed by atoms with Crippen LogP contribution in [0.25, 0.3) is 10.2 Å². The van der Waals surface area contributed by atoms with Gasteiger partial charge in [-0.2, -0.15) is 0 Å². The van der Waals surface area contributed by atoms with Crippen molar-refractivity contribution in [3.63, 3.8) is 0 Å². The number of sulfone groups is 1. The fourth-order valence-electron chi connectivity index (χ4n) is 1.49. The summed E-state index contributed by atoms with van der Waals surface area (Å²) in [5.74, 6) is 0.241. The van der Waals surface area contributed by atoms with Gasteiger partial charge < -0.3 is 0 Å². The highest BCUT2D eigenvalue weighted by Gasteiger charge is 2.23. The number of hydrogen-bond acceptors (Lipinski definition) is 5. The van der Waals surface area contributed by atoms with E-state index in [2.05, 4.69) is 9.97 Å². The Labute approximate surface area is 109 Å². The summed E-state index contributed by atoms with van der Waals surface area (Å²) in [6, 6.07) is 1.78. The molecule has 7 heteroatoms. The highest BCUT2D eigenvalue weighted by Crippen LogP contribution is 2.26. The molecule has 0 aliphatic rings. The van der Waals surface area contributed by atoms with Crippen LogP contribution in [-0.2, 0) is 9.84 Å². The molecule has 0 spiro atoms. The van der Waals surface area contributed by atoms with Crippen molar-refractivity contribution in [3.05, 3.63) is 17.8 Å². The van der Waals surface area contributed by atoms with Crippen LogP contribution in [0.4, 0.5) is 0 Å². The standard InChI is InChI=1S/C10H11ClN2O2S2/c1-7(4-11)5-17(14,15)10-9-8(2-3-16-9)12-6-13-10/h2-3,6-7H,4-5H2,1H3. The topological polar surface area (TPSA) is 59.9 Å². The Morgan fingerprint density at radius 1 is 1.47 bits per heavy atom. The van der Waals surface area contributed by atoms with E-state index in [9.17, 15) is 8.42 Å². The van der Waals surface area contributed by atoms with E-state index in [-0.39, 0.29) is 16.7 Å². The zero-order valence-electron chi connectivity index (χ0n) is 9.13. The second-order valence-electron chi connectivity index (χ2n) is 3.85. The largest absolute Gasteiger partial charge is 0.235 e. The van der Waals surface area contributed by atoms with Crippen LogP contribution in [0.1, 0.15) is 6.92 Å². The third kappa shape index (κ3) is 2.59. The predicted octanol–water partition coefficient (Wildman–Crippen LogP) is 2.34. The first-order chi connectivity index (χ1) is 8.04. The van der Waals surface area contributed by atoms with Crippen LogP contribution in [0.2, 0.25) is 0 Å². The van der Waals surface area contributed by atoms with Gasteiger partial charge in [0, 0.05) is 5.88 Å². The molecule has 1 unspecified atom stereocenters. The Morgan fingerprint density at radius 2 is 2.24 bits per heavy atom. The van der Waals surface area contributed by atoms with E-state index < -0.39 is 9.84 Å². The van der Waals surface area contributed by atoms with Crippen LogP contribution in [0, 0.1) is 5.92 Å². The average molecular weight is 291 g/mol. The quantitative estimate of drug-likeness (QED) is 0.640. The van der Waals surface area contributed by atoms with E-state index in [0.29, 0.717) is 16.1 Å². The zero-order chi connectivity index (χ0) is 12.5. The molecule has 92 valence electrons. The molecule has 0 saturated carbocycles. The van der Waals surface area contributed by atoms with E-state index in [4.69, 9.17) is 11.6 Å². The van der Waals surface area contributed by atoms with Gasteiger partial charge in [0.15, 0.2) is 14.9 Å². The summed E-state index contributed by atoms with van der Waals surface area (Å²) in [6.45, 7) is 1.80. The first-order valence-corrected chi connectivity index (χ1v) is 8.08. The molecule has 0 amide bonds. The molecule has 2 aromatic rings. The third-order valence-corrected chi connectivity index (χ3v) is 5.75. The summed E-state index contributed by atoms with van der Waals surface area (Å²) >= 11 is 6.99. The van der Waals surface area contributed by atoms with Crippen molar-refractivity contribution < 1.29 is 8.42 Å². The molecular formula is C10H11ClN2O2S2. The maximum absolute atomic E-state index is 12.2. The number of alkyl halides is 1. The van der Waals surface area contributed by atoms with Gasteiger partial charge in [-0.25, -0.2) is 18.4 Å². The molecule has 1 atom stereocenters. The van der Waals surface area contributed by atoms with Crippen molar-refractivity contribution >= 4 is 43.0 Å². The molecule has 17 heavy (non-hydrogen) atoms. The molecule has 0 radical (unpaired) electrons. The maximum Gasteiger partial charge on any atom is 0.197 e. The van der Waals surface area contributed by atoms with Gasteiger partial charge in [0.05, 0.1) is 16.0 Å². The van der Waals surface area contributed by atoms with Crippen molar-refractivity contribution in [2.45, 2.75) is 11.9 Å². The number of halogens is 1. The normalized spacial score (nSPS) is 14.0. The fourth-order valence-corrected chi connectivity index (χ4v) is 4.60. The summed E-state index contributed by atoms with van der Waals surface area (Å²) in [4.78, 5) is 7.93. The van der Waals surface area contributed by atoms with Crippen LogP contribution >= 0.6 is 22.9 Å². The third-order valence-electron chi connectivity index (χ3n) is 2.27. The van der Waals surface area contributed by atoms with Crippen LogP contribution in [0.15, 0.2) is 22.8 Å². The Balaban J connectivity index is 2.49. The van der Waals surface area contributed by atoms with E-state index in [0.717, 1.165) is 0 Å². The van der Waals surface area contributed by atoms with E-state index in [1.807, 2.05) is 5.38 Å². The van der Waals surface area contributed by atoms with Gasteiger partial charge in [-0.1, -0.05) is 6.92 Å². The lowest BCUT2D eigenvalue weighted by atomic mass is 10.3. The van der Waals surface area contributed by atoms with Gasteiger partial charge in [0.2, 0.25) is 0 Å². The van der Waals surface area contributed by atoms with Gasteiger partial charge >= 0.3 is 0 Å². The molecule has 0 N–H and O–H groups in total. The van der Waals surface area contributed by atoms with Gasteiger partial charge in [-0.05, 0) is 17.4 Å². The summed E-state index contributed by atoms with van der Waals surface area (Å²) in [7, 11) is -3.39. The molecule has 0 aromatic carbocycles. The van der Waals surface area contributed by atoms with E-state index in [1.165, 1.54) is 17.7 Å². The summed E-state index contributed by atoms with van der Waals surface area (Å²) in [5, 5.41) is 1.93. The number of hydrogen-bond donors (Lipinski definition) is 0. The Morgan fingerprint density at radius 3 is 2.94 bits per heavy atom. The summed E-state index contributed by atoms with van der Waals surface area (Å²) in [6.07, 6.45) is 1.29. The fraction of sp³-hybridized carbons (Fsp3) is 0.400. The lowest BCUT2D eigenvalue weighted by Crippen LogP contribution is -2.16. The Hall–Kier alpha value is -0.720. The number of thiophene rings is 1. The van der Waals surface area contributed by atoms with Crippen molar-refractivity contribution in [1.82, 2.24) is 9.97 Å². The Kier molecular flexibility index (Phi) is 3.65. The second kappa shape index (κ2) is 4.88. The van der Waals surface area contributed by atoms with Crippen LogP contribution < -0.4 is 0 Å². The number of aromatic nitrogens is 2. The van der Waals surface area contributed by atoms with Gasteiger partial charge in [-0.15, -0.1) is 22.9 Å². The monoisotopic (exact) mass is 290 g/mol. The molecule has 2 heterocycles. The minimum Gasteiger partial charge on any atom is -0.235 e. The highest BCUT2D eigenvalue weighted by atomic mass is 35.5. The number of nitrogens with zero attached hydrogens (tertiary/aromatic N) is 2. The smallest absolute Gasteiger partial charge is 0.197 e. The van der Waals surface area contributed by atoms with Crippen molar-refractivity contribution in [2.75, 3.05) is 11.6 Å². The molecule has 0 aliphatic heterocycles. The second-order valence-corrected chi connectivity index (χ2v) is 7.03. The number of fused-ring (bicyclic) bond motifs is 1. The molecule has 0 aliphatic carbocycles. The lowest BCUT2D eigenvalue weighted by Gasteiger charge is -2.08.